The van der Waals surface area contributed by atoms with Crippen LogP contribution in [0.25, 0.3) is 0 Å². The van der Waals surface area contributed by atoms with Gasteiger partial charge in [0.05, 0.1) is 12.0 Å². The van der Waals surface area contributed by atoms with Crippen LogP contribution in [0.5, 0.6) is 0 Å². The molecule has 7 heteroatoms. The molecule has 1 N–H and O–H groups in total. The number of ether oxygens (including phenoxy) is 4. The number of hydrogen-bond acceptors (Lipinski definition) is 6. The first kappa shape index (κ1) is 17.8. The van der Waals surface area contributed by atoms with Gasteiger partial charge in [-0.25, -0.2) is 0 Å². The summed E-state index contributed by atoms with van der Waals surface area (Å²) < 4.78 is 29.8. The highest BCUT2D eigenvalue weighted by atomic mass is 28.4. The lowest BCUT2D eigenvalue weighted by molar-refractivity contribution is -0.191. The molecule has 0 saturated carbocycles. The summed E-state index contributed by atoms with van der Waals surface area (Å²) in [5.41, 5.74) is 0. The van der Waals surface area contributed by atoms with Gasteiger partial charge in [0, 0.05) is 6.61 Å². The van der Waals surface area contributed by atoms with Gasteiger partial charge in [0.2, 0.25) is 0 Å². The van der Waals surface area contributed by atoms with Crippen LogP contribution in [0.4, 0.5) is 0 Å². The summed E-state index contributed by atoms with van der Waals surface area (Å²) in [6.45, 7) is 15.3. The molecule has 0 aromatic heterocycles. The molecule has 3 heterocycles. The summed E-state index contributed by atoms with van der Waals surface area (Å²) in [5, 5.41) is 10.2. The van der Waals surface area contributed by atoms with Crippen LogP contribution in [-0.2, 0) is 23.4 Å². The van der Waals surface area contributed by atoms with E-state index < -0.39 is 32.8 Å². The molecule has 3 aliphatic rings. The summed E-state index contributed by atoms with van der Waals surface area (Å²) in [4.78, 5) is 0. The van der Waals surface area contributed by atoms with Crippen LogP contribution < -0.4 is 0 Å². The lowest BCUT2D eigenvalue weighted by Gasteiger charge is -2.40. The number of hydrogen-bond donors (Lipinski definition) is 1. The van der Waals surface area contributed by atoms with E-state index >= 15 is 0 Å². The Morgan fingerprint density at radius 1 is 1.04 bits per heavy atom. The van der Waals surface area contributed by atoms with Crippen molar-refractivity contribution in [2.45, 2.75) is 89.4 Å². The van der Waals surface area contributed by atoms with E-state index in [1.165, 1.54) is 0 Å². The number of fused-ring (bicyclic) bond motifs is 4. The summed E-state index contributed by atoms with van der Waals surface area (Å²) >= 11 is 0. The van der Waals surface area contributed by atoms with E-state index in [2.05, 4.69) is 33.9 Å². The highest BCUT2D eigenvalue weighted by molar-refractivity contribution is 6.74. The summed E-state index contributed by atoms with van der Waals surface area (Å²) in [7, 11) is -1.88. The Kier molecular flexibility index (Phi) is 4.24. The molecule has 6 nitrogen and oxygen atoms in total. The predicted molar refractivity (Wildman–Crippen MR) is 86.2 cm³/mol. The van der Waals surface area contributed by atoms with E-state index in [1.807, 2.05) is 13.8 Å². The quantitative estimate of drug-likeness (QED) is 0.791. The topological polar surface area (TPSA) is 66.4 Å². The van der Waals surface area contributed by atoms with Gasteiger partial charge in [-0.1, -0.05) is 20.8 Å². The van der Waals surface area contributed by atoms with Gasteiger partial charge in [-0.3, -0.25) is 0 Å². The largest absolute Gasteiger partial charge is 0.416 e. The fraction of sp³-hybridized carbons (Fsp3) is 1.00. The van der Waals surface area contributed by atoms with Gasteiger partial charge in [-0.05, 0) is 32.0 Å². The van der Waals surface area contributed by atoms with Crippen LogP contribution in [0.2, 0.25) is 18.1 Å². The highest BCUT2D eigenvalue weighted by Crippen LogP contribution is 2.46. The van der Waals surface area contributed by atoms with Crippen molar-refractivity contribution in [3.05, 3.63) is 0 Å². The molecule has 3 fully saturated rings. The number of rotatable bonds is 3. The maximum atomic E-state index is 10.1. The first-order valence-corrected chi connectivity index (χ1v) is 11.3. The predicted octanol–water partition coefficient (Wildman–Crippen LogP) is 2.22. The minimum Gasteiger partial charge on any atom is -0.416 e. The van der Waals surface area contributed by atoms with Gasteiger partial charge in [0.15, 0.2) is 26.7 Å². The molecule has 0 aromatic carbocycles. The molecular formula is C16H30O6Si. The first-order valence-electron chi connectivity index (χ1n) is 8.40. The van der Waals surface area contributed by atoms with Crippen molar-refractivity contribution in [1.29, 1.82) is 0 Å². The average molecular weight is 346 g/mol. The van der Waals surface area contributed by atoms with E-state index in [0.29, 0.717) is 6.61 Å². The zero-order valence-electron chi connectivity index (χ0n) is 15.2. The lowest BCUT2D eigenvalue weighted by Crippen LogP contribution is -2.53. The molecule has 6 atom stereocenters. The fourth-order valence-electron chi connectivity index (χ4n) is 3.16. The monoisotopic (exact) mass is 346 g/mol. The van der Waals surface area contributed by atoms with Gasteiger partial charge >= 0.3 is 0 Å². The molecule has 3 rings (SSSR count). The maximum Gasteiger partial charge on any atom is 0.191 e. The smallest absolute Gasteiger partial charge is 0.191 e. The molecule has 2 bridgehead atoms. The van der Waals surface area contributed by atoms with Crippen LogP contribution in [0.3, 0.4) is 0 Å². The van der Waals surface area contributed by atoms with Crippen LogP contribution in [0.15, 0.2) is 0 Å². The van der Waals surface area contributed by atoms with Crippen LogP contribution in [0, 0.1) is 5.92 Å². The molecule has 3 aliphatic heterocycles. The second-order valence-electron chi connectivity index (χ2n) is 8.80. The van der Waals surface area contributed by atoms with E-state index in [0.717, 1.165) is 0 Å². The summed E-state index contributed by atoms with van der Waals surface area (Å²) in [5.74, 6) is -0.790. The Bertz CT molecular complexity index is 460. The van der Waals surface area contributed by atoms with Crippen molar-refractivity contribution in [1.82, 2.24) is 0 Å². The van der Waals surface area contributed by atoms with Gasteiger partial charge < -0.3 is 28.5 Å². The second-order valence-corrected chi connectivity index (χ2v) is 13.6. The molecule has 0 aliphatic carbocycles. The van der Waals surface area contributed by atoms with Gasteiger partial charge in [-0.2, -0.15) is 0 Å². The standard InChI is InChI=1S/C16H30O6Si/c1-15(2,3)23(6,7)18-8-9-10-11(22-16(4,5)21-10)12-13(17)20-14(9)19-12/h9-14,17H,8H2,1-7H3/t9-,10+,11+,12+,13?,14+/m0/s1. The molecule has 0 radical (unpaired) electrons. The molecule has 0 aromatic rings. The van der Waals surface area contributed by atoms with Crippen molar-refractivity contribution >= 4 is 8.32 Å². The second kappa shape index (κ2) is 5.49. The third-order valence-corrected chi connectivity index (χ3v) is 10.0. The minimum absolute atomic E-state index is 0.107. The molecular weight excluding hydrogens is 316 g/mol. The van der Waals surface area contributed by atoms with E-state index in [-0.39, 0.29) is 23.2 Å². The zero-order valence-corrected chi connectivity index (χ0v) is 16.2. The minimum atomic E-state index is -1.88. The third-order valence-electron chi connectivity index (χ3n) is 5.55. The Balaban J connectivity index is 1.76. The summed E-state index contributed by atoms with van der Waals surface area (Å²) in [6.07, 6.45) is -2.47. The molecule has 1 unspecified atom stereocenters. The average Bonchev–Trinajstić information content (AvgIpc) is 2.87. The normalized spacial score (nSPS) is 42.8. The van der Waals surface area contributed by atoms with Crippen molar-refractivity contribution in [2.75, 3.05) is 6.61 Å². The molecule has 0 spiro atoms. The summed E-state index contributed by atoms with van der Waals surface area (Å²) in [6, 6.07) is 0. The Morgan fingerprint density at radius 2 is 1.65 bits per heavy atom. The van der Waals surface area contributed by atoms with Crippen molar-refractivity contribution < 1.29 is 28.5 Å². The van der Waals surface area contributed by atoms with Gasteiger partial charge in [0.25, 0.3) is 0 Å². The van der Waals surface area contributed by atoms with Gasteiger partial charge in [-0.15, -0.1) is 0 Å². The van der Waals surface area contributed by atoms with Crippen molar-refractivity contribution in [2.24, 2.45) is 5.92 Å². The first-order chi connectivity index (χ1) is 10.4. The molecule has 3 saturated heterocycles. The Labute approximate surface area is 139 Å². The number of aliphatic hydroxyl groups excluding tert-OH is 1. The van der Waals surface area contributed by atoms with E-state index in [9.17, 15) is 5.11 Å². The van der Waals surface area contributed by atoms with E-state index in [4.69, 9.17) is 23.4 Å². The van der Waals surface area contributed by atoms with Crippen LogP contribution in [-0.4, -0.2) is 56.7 Å². The van der Waals surface area contributed by atoms with Crippen LogP contribution in [0.1, 0.15) is 34.6 Å². The number of aliphatic hydroxyl groups is 1. The van der Waals surface area contributed by atoms with Crippen LogP contribution >= 0.6 is 0 Å². The Hall–Kier alpha value is -0.0231. The van der Waals surface area contributed by atoms with Crippen molar-refractivity contribution in [3.63, 3.8) is 0 Å². The van der Waals surface area contributed by atoms with Gasteiger partial charge in [0.1, 0.15) is 12.2 Å². The maximum absolute atomic E-state index is 10.1. The van der Waals surface area contributed by atoms with Crippen molar-refractivity contribution in [3.8, 4) is 0 Å². The highest BCUT2D eigenvalue weighted by Gasteiger charge is 2.61. The lowest BCUT2D eigenvalue weighted by atomic mass is 9.93. The van der Waals surface area contributed by atoms with E-state index in [1.54, 1.807) is 0 Å². The zero-order chi connectivity index (χ0) is 17.2. The fourth-order valence-corrected chi connectivity index (χ4v) is 4.20. The third kappa shape index (κ3) is 3.12. The SMILES string of the molecule is CC1(C)O[C@@H]2[C@H](CO[Si](C)(C)C(C)(C)C)[C@H]3OC(O)[C@H](O3)[C@@H]2O1. The molecule has 23 heavy (non-hydrogen) atoms. The Morgan fingerprint density at radius 3 is 2.26 bits per heavy atom. The molecule has 134 valence electrons. The molecule has 0 amide bonds.